The van der Waals surface area contributed by atoms with Crippen molar-refractivity contribution >= 4 is 12.6 Å². The van der Waals surface area contributed by atoms with Crippen molar-refractivity contribution in [2.24, 2.45) is 17.8 Å². The van der Waals surface area contributed by atoms with Crippen molar-refractivity contribution in [2.75, 3.05) is 18.8 Å². The van der Waals surface area contributed by atoms with E-state index in [1.54, 1.807) is 25.7 Å². The normalized spacial score (nSPS) is 32.2. The lowest BCUT2D eigenvalue weighted by molar-refractivity contribution is 0.124. The molecule has 0 bridgehead atoms. The van der Waals surface area contributed by atoms with E-state index in [9.17, 15) is 0 Å². The summed E-state index contributed by atoms with van der Waals surface area (Å²) in [6.07, 6.45) is 15.1. The Morgan fingerprint density at radius 3 is 2.56 bits per heavy atom. The SMILES string of the molecule is SCCNCCCC[C@@H]1CC[C@@H]2CCCC[C@@H]2C1. The molecule has 2 saturated carbocycles. The summed E-state index contributed by atoms with van der Waals surface area (Å²) in [5.41, 5.74) is 0. The topological polar surface area (TPSA) is 12.0 Å². The third kappa shape index (κ3) is 4.77. The molecule has 1 nitrogen and oxygen atoms in total. The summed E-state index contributed by atoms with van der Waals surface area (Å²) in [6, 6.07) is 0. The molecular formula is C16H31NS. The Morgan fingerprint density at radius 2 is 1.72 bits per heavy atom. The van der Waals surface area contributed by atoms with Gasteiger partial charge in [-0.15, -0.1) is 0 Å². The van der Waals surface area contributed by atoms with Crippen LogP contribution < -0.4 is 5.32 Å². The smallest absolute Gasteiger partial charge is 0.00397 e. The summed E-state index contributed by atoms with van der Waals surface area (Å²) in [4.78, 5) is 0. The molecule has 2 heteroatoms. The Hall–Kier alpha value is 0.310. The van der Waals surface area contributed by atoms with Gasteiger partial charge in [0, 0.05) is 12.3 Å². The van der Waals surface area contributed by atoms with E-state index < -0.39 is 0 Å². The second-order valence-corrected chi connectivity index (χ2v) is 6.90. The minimum Gasteiger partial charge on any atom is -0.316 e. The molecule has 0 aliphatic heterocycles. The summed E-state index contributed by atoms with van der Waals surface area (Å²) in [6.45, 7) is 2.26. The molecule has 0 heterocycles. The summed E-state index contributed by atoms with van der Waals surface area (Å²) in [5.74, 6) is 4.26. The van der Waals surface area contributed by atoms with Crippen molar-refractivity contribution in [3.05, 3.63) is 0 Å². The molecular weight excluding hydrogens is 238 g/mol. The monoisotopic (exact) mass is 269 g/mol. The van der Waals surface area contributed by atoms with Gasteiger partial charge in [-0.1, -0.05) is 44.9 Å². The zero-order valence-electron chi connectivity index (χ0n) is 11.9. The molecule has 2 aliphatic carbocycles. The van der Waals surface area contributed by atoms with Gasteiger partial charge in [-0.2, -0.15) is 12.6 Å². The van der Waals surface area contributed by atoms with Crippen LogP contribution in [0.3, 0.4) is 0 Å². The van der Waals surface area contributed by atoms with Crippen LogP contribution in [0, 0.1) is 17.8 Å². The predicted molar refractivity (Wildman–Crippen MR) is 83.4 cm³/mol. The lowest BCUT2D eigenvalue weighted by Crippen LogP contribution is -2.27. The largest absolute Gasteiger partial charge is 0.316 e. The van der Waals surface area contributed by atoms with Gasteiger partial charge >= 0.3 is 0 Å². The average Bonchev–Trinajstić information content (AvgIpc) is 2.42. The Kier molecular flexibility index (Phi) is 6.93. The molecule has 106 valence electrons. The van der Waals surface area contributed by atoms with Gasteiger partial charge in [0.25, 0.3) is 0 Å². The van der Waals surface area contributed by atoms with Gasteiger partial charge in [-0.3, -0.25) is 0 Å². The minimum atomic E-state index is 0.964. The summed E-state index contributed by atoms with van der Waals surface area (Å²) in [7, 11) is 0. The van der Waals surface area contributed by atoms with Crippen molar-refractivity contribution in [1.29, 1.82) is 0 Å². The van der Waals surface area contributed by atoms with Crippen molar-refractivity contribution in [3.63, 3.8) is 0 Å². The molecule has 18 heavy (non-hydrogen) atoms. The van der Waals surface area contributed by atoms with E-state index in [2.05, 4.69) is 17.9 Å². The highest BCUT2D eigenvalue weighted by Gasteiger charge is 2.31. The first-order chi connectivity index (χ1) is 8.90. The fourth-order valence-corrected chi connectivity index (χ4v) is 4.28. The number of fused-ring (bicyclic) bond motifs is 1. The van der Waals surface area contributed by atoms with Gasteiger partial charge in [-0.25, -0.2) is 0 Å². The first kappa shape index (κ1) is 14.7. The van der Waals surface area contributed by atoms with E-state index in [4.69, 9.17) is 0 Å². The first-order valence-electron chi connectivity index (χ1n) is 8.21. The summed E-state index contributed by atoms with van der Waals surface area (Å²) in [5, 5.41) is 3.44. The maximum absolute atomic E-state index is 4.21. The van der Waals surface area contributed by atoms with Crippen LogP contribution in [0.25, 0.3) is 0 Å². The second-order valence-electron chi connectivity index (χ2n) is 6.45. The predicted octanol–water partition coefficient (Wildman–Crippen LogP) is 4.28. The molecule has 2 aliphatic rings. The number of hydrogen-bond donors (Lipinski definition) is 2. The quantitative estimate of drug-likeness (QED) is 0.519. The van der Waals surface area contributed by atoms with Gasteiger partial charge in [0.1, 0.15) is 0 Å². The number of nitrogens with one attached hydrogen (secondary N) is 1. The van der Waals surface area contributed by atoms with Gasteiger partial charge in [0.15, 0.2) is 0 Å². The van der Waals surface area contributed by atoms with E-state index in [0.29, 0.717) is 0 Å². The molecule has 2 rings (SSSR count). The van der Waals surface area contributed by atoms with Crippen LogP contribution in [0.15, 0.2) is 0 Å². The van der Waals surface area contributed by atoms with Crippen LogP contribution in [0.5, 0.6) is 0 Å². The van der Waals surface area contributed by atoms with Crippen molar-refractivity contribution in [3.8, 4) is 0 Å². The number of thiol groups is 1. The maximum Gasteiger partial charge on any atom is 0.00397 e. The number of unbranched alkanes of at least 4 members (excludes halogenated alkanes) is 1. The third-order valence-corrected chi connectivity index (χ3v) is 5.38. The van der Waals surface area contributed by atoms with Crippen LogP contribution in [0.4, 0.5) is 0 Å². The molecule has 0 unspecified atom stereocenters. The summed E-state index contributed by atoms with van der Waals surface area (Å²) < 4.78 is 0. The third-order valence-electron chi connectivity index (χ3n) is 5.15. The van der Waals surface area contributed by atoms with E-state index in [1.807, 2.05) is 0 Å². The maximum atomic E-state index is 4.21. The van der Waals surface area contributed by atoms with Gasteiger partial charge in [0.2, 0.25) is 0 Å². The van der Waals surface area contributed by atoms with E-state index in [-0.39, 0.29) is 0 Å². The van der Waals surface area contributed by atoms with Crippen LogP contribution in [-0.4, -0.2) is 18.8 Å². The molecule has 0 aromatic carbocycles. The van der Waals surface area contributed by atoms with Crippen LogP contribution >= 0.6 is 12.6 Å². The Labute approximate surface area is 119 Å². The van der Waals surface area contributed by atoms with E-state index in [1.165, 1.54) is 45.1 Å². The summed E-state index contributed by atoms with van der Waals surface area (Å²) >= 11 is 4.21. The minimum absolute atomic E-state index is 0.964. The molecule has 1 N–H and O–H groups in total. The van der Waals surface area contributed by atoms with Crippen molar-refractivity contribution in [1.82, 2.24) is 5.32 Å². The van der Waals surface area contributed by atoms with Gasteiger partial charge in [0.05, 0.1) is 0 Å². The van der Waals surface area contributed by atoms with Crippen LogP contribution in [0.1, 0.15) is 64.2 Å². The van der Waals surface area contributed by atoms with Gasteiger partial charge < -0.3 is 5.32 Å². The molecule has 0 saturated heterocycles. The number of hydrogen-bond acceptors (Lipinski definition) is 2. The Balaban J connectivity index is 1.54. The lowest BCUT2D eigenvalue weighted by atomic mass is 9.67. The zero-order chi connectivity index (χ0) is 12.6. The van der Waals surface area contributed by atoms with E-state index in [0.717, 1.165) is 30.1 Å². The van der Waals surface area contributed by atoms with E-state index >= 15 is 0 Å². The highest BCUT2D eigenvalue weighted by atomic mass is 32.1. The van der Waals surface area contributed by atoms with Gasteiger partial charge in [-0.05, 0) is 43.6 Å². The Morgan fingerprint density at radius 1 is 0.889 bits per heavy atom. The molecule has 0 aromatic rings. The molecule has 0 aromatic heterocycles. The molecule has 3 atom stereocenters. The second kappa shape index (κ2) is 8.47. The molecule has 0 spiro atoms. The highest BCUT2D eigenvalue weighted by molar-refractivity contribution is 7.80. The molecule has 2 fully saturated rings. The fraction of sp³-hybridized carbons (Fsp3) is 1.00. The molecule has 0 amide bonds. The fourth-order valence-electron chi connectivity index (χ4n) is 4.12. The highest BCUT2D eigenvalue weighted by Crippen LogP contribution is 2.43. The van der Waals surface area contributed by atoms with Crippen molar-refractivity contribution < 1.29 is 0 Å². The Bertz CT molecular complexity index is 219. The first-order valence-corrected chi connectivity index (χ1v) is 8.85. The average molecular weight is 269 g/mol. The standard InChI is InChI=1S/C16H31NS/c18-12-11-17-10-4-3-5-14-8-9-15-6-1-2-7-16(15)13-14/h14-18H,1-13H2/t14-,15+,16-/m1/s1. The van der Waals surface area contributed by atoms with Crippen molar-refractivity contribution in [2.45, 2.75) is 64.2 Å². The van der Waals surface area contributed by atoms with Crippen LogP contribution in [-0.2, 0) is 0 Å². The number of rotatable bonds is 7. The molecule has 0 radical (unpaired) electrons. The lowest BCUT2D eigenvalue weighted by Gasteiger charge is -2.39. The zero-order valence-corrected chi connectivity index (χ0v) is 12.8. The van der Waals surface area contributed by atoms with Crippen LogP contribution in [0.2, 0.25) is 0 Å².